The average Bonchev–Trinajstić information content (AvgIpc) is 3.15. The van der Waals surface area contributed by atoms with E-state index in [0.717, 1.165) is 0 Å². The molecule has 0 amide bonds. The zero-order valence-electron chi connectivity index (χ0n) is 32.4. The molecule has 0 fully saturated rings. The highest BCUT2D eigenvalue weighted by Gasteiger charge is 2.97. The maximum absolute atomic E-state index is 15.3. The maximum Gasteiger partial charge on any atom is 0.473 e. The molecule has 0 saturated heterocycles. The quantitative estimate of drug-likeness (QED) is 0.0443. The topological polar surface area (TPSA) is 137 Å². The van der Waals surface area contributed by atoms with Crippen molar-refractivity contribution in [3.05, 3.63) is 0 Å². The lowest BCUT2D eigenvalue weighted by molar-refractivity contribution is -0.464. The van der Waals surface area contributed by atoms with Crippen molar-refractivity contribution in [2.45, 2.75) is 121 Å². The smallest absolute Gasteiger partial charge is 0.302 e. The minimum absolute atomic E-state index is 0.218. The lowest BCUT2D eigenvalue weighted by Gasteiger charge is -2.44. The Morgan fingerprint density at radius 3 is 0.704 bits per heavy atom. The van der Waals surface area contributed by atoms with Crippen LogP contribution in [-0.4, -0.2) is 165 Å². The summed E-state index contributed by atoms with van der Waals surface area (Å²) in [7, 11) is -8.61. The first-order valence-corrected chi connectivity index (χ1v) is 19.9. The van der Waals surface area contributed by atoms with Gasteiger partial charge in [0.1, 0.15) is 0 Å². The first-order valence-electron chi connectivity index (χ1n) is 16.3. The van der Waals surface area contributed by atoms with E-state index in [9.17, 15) is 150 Å². The molecule has 47 heteroatoms. The fourth-order valence-corrected chi connectivity index (χ4v) is 6.57. The van der Waals surface area contributed by atoms with E-state index < -0.39 is 173 Å². The van der Waals surface area contributed by atoms with Crippen molar-refractivity contribution >= 4 is 30.4 Å². The van der Waals surface area contributed by atoms with E-state index in [1.165, 1.54) is 0 Å². The van der Waals surface area contributed by atoms with Gasteiger partial charge >= 0.3 is 103 Å². The first kappa shape index (κ1) is 68.9. The van der Waals surface area contributed by atoms with Crippen LogP contribution in [0.25, 0.3) is 0 Å². The second kappa shape index (κ2) is 19.8. The first-order chi connectivity index (χ1) is 30.4. The normalized spacial score (nSPS) is 18.7. The van der Waals surface area contributed by atoms with E-state index in [1.807, 2.05) is 0 Å². The Morgan fingerprint density at radius 2 is 0.549 bits per heavy atom. The lowest BCUT2D eigenvalue weighted by Crippen LogP contribution is -2.75. The maximum atomic E-state index is 15.3. The molecular weight excluding hydrogens is 1190 g/mol. The summed E-state index contributed by atoms with van der Waals surface area (Å²) in [6, 6.07) is 0. The molecule has 4 unspecified atom stereocenters. The Morgan fingerprint density at radius 1 is 0.380 bits per heavy atom. The van der Waals surface area contributed by atoms with Gasteiger partial charge in [-0.05, 0) is 0 Å². The Balaban J connectivity index is 8.30. The molecular formula is C24H19F34N2O8PS2. The van der Waals surface area contributed by atoms with Crippen LogP contribution in [0.4, 0.5) is 149 Å². The summed E-state index contributed by atoms with van der Waals surface area (Å²) >= 11 is -8.68. The highest BCUT2D eigenvalue weighted by atomic mass is 32.2. The van der Waals surface area contributed by atoms with Crippen molar-refractivity contribution in [2.75, 3.05) is 26.2 Å². The van der Waals surface area contributed by atoms with Crippen molar-refractivity contribution in [1.82, 2.24) is 8.61 Å². The van der Waals surface area contributed by atoms with Crippen molar-refractivity contribution in [1.29, 1.82) is 0 Å². The highest BCUT2D eigenvalue weighted by molar-refractivity contribution is 7.76. The van der Waals surface area contributed by atoms with E-state index in [1.54, 1.807) is 0 Å². The molecule has 0 aromatic rings. The van der Waals surface area contributed by atoms with Gasteiger partial charge in [-0.2, -0.15) is 158 Å². The Bertz CT molecular complexity index is 1830. The van der Waals surface area contributed by atoms with Crippen LogP contribution in [0.5, 0.6) is 0 Å². The fourth-order valence-electron chi connectivity index (χ4n) is 4.51. The predicted octanol–water partition coefficient (Wildman–Crippen LogP) is 10.8. The Hall–Kier alpha value is -2.13. The summed E-state index contributed by atoms with van der Waals surface area (Å²) in [5.74, 6) is -128. The average molecular weight is 1200 g/mol. The molecule has 0 rings (SSSR count). The second-order valence-corrected chi connectivity index (χ2v) is 16.5. The zero-order valence-corrected chi connectivity index (χ0v) is 34.9. The molecule has 0 aromatic carbocycles. The van der Waals surface area contributed by atoms with E-state index in [0.29, 0.717) is 0 Å². The van der Waals surface area contributed by atoms with E-state index >= 15 is 17.6 Å². The molecule has 0 spiro atoms. The summed E-state index contributed by atoms with van der Waals surface area (Å²) in [5, 5.41) is 0. The largest absolute Gasteiger partial charge is 0.473 e. The predicted molar refractivity (Wildman–Crippen MR) is 157 cm³/mol. The van der Waals surface area contributed by atoms with Crippen LogP contribution in [0.1, 0.15) is 13.8 Å². The number of rotatable bonds is 26. The van der Waals surface area contributed by atoms with Crippen molar-refractivity contribution in [2.24, 2.45) is 0 Å². The molecule has 4 atom stereocenters. The van der Waals surface area contributed by atoms with E-state index in [-0.39, 0.29) is 13.8 Å². The molecule has 3 N–H and O–H groups in total. The third kappa shape index (κ3) is 10.7. The van der Waals surface area contributed by atoms with Gasteiger partial charge in [-0.15, -0.1) is 0 Å². The summed E-state index contributed by atoms with van der Waals surface area (Å²) in [6.07, 6.45) is -28.2. The van der Waals surface area contributed by atoms with Crippen molar-refractivity contribution in [3.8, 4) is 0 Å². The summed E-state index contributed by atoms with van der Waals surface area (Å²) in [6.45, 7) is -9.87. The standard InChI is InChI=1S/C24H19F34N2O8PS2/c1-3-59(70(63)64)5-7(9(25,26)11(29,30)13(33,34)15(37,38)17(41,42)19(45,46)21(49,50)23(53,54)55)67-69(61,62)68-8(6-60(4-2)71(65)66)10(27,28)12(31,32)14(35,36)16(39,40)18(43,44)20(47,48)22(51,52)24(56,57)58/h7-8H,3-6H2,1-2H3,(H,61,62)(H,63,64)(H,65,66). The van der Waals surface area contributed by atoms with Gasteiger partial charge in [-0.3, -0.25) is 18.2 Å². The van der Waals surface area contributed by atoms with Crippen molar-refractivity contribution in [3.63, 3.8) is 0 Å². The number of halogens is 34. The molecule has 0 aliphatic rings. The Kier molecular flexibility index (Phi) is 19.2. The van der Waals surface area contributed by atoms with Crippen molar-refractivity contribution < 1.29 is 185 Å². The van der Waals surface area contributed by atoms with Crippen LogP contribution < -0.4 is 0 Å². The van der Waals surface area contributed by atoms with Crippen LogP contribution in [0.2, 0.25) is 0 Å². The SMILES string of the molecule is CCN(CC(OP(=O)(O)OC(CN(CC)S(=O)O)C(F)(F)C(F)(F)C(F)(F)C(F)(F)C(F)(F)C(F)(F)C(F)(F)C(F)(F)F)C(F)(F)C(F)(F)C(F)(F)C(F)(F)C(F)(F)C(F)(F)C(F)(F)C(F)(F)F)S(=O)O. The Labute approximate surface area is 372 Å². The molecule has 0 heterocycles. The zero-order chi connectivity index (χ0) is 58.2. The van der Waals surface area contributed by atoms with Gasteiger partial charge in [0.25, 0.3) is 0 Å². The van der Waals surface area contributed by atoms with Crippen LogP contribution in [0, 0.1) is 0 Å². The van der Waals surface area contributed by atoms with Crippen LogP contribution in [0.3, 0.4) is 0 Å². The molecule has 71 heavy (non-hydrogen) atoms. The van der Waals surface area contributed by atoms with E-state index in [2.05, 4.69) is 9.05 Å². The number of hydrogen-bond donors (Lipinski definition) is 3. The summed E-state index contributed by atoms with van der Waals surface area (Å²) in [4.78, 5) is 9.84. The molecule has 0 aromatic heterocycles. The second-order valence-electron chi connectivity index (χ2n) is 13.2. The molecule has 0 saturated carbocycles. The van der Waals surface area contributed by atoms with Crippen LogP contribution in [-0.2, 0) is 36.1 Å². The highest BCUT2D eigenvalue weighted by Crippen LogP contribution is 2.67. The monoisotopic (exact) mass is 1200 g/mol. The number of likely N-dealkylation sites (N-methyl/N-ethyl adjacent to an activating group) is 2. The third-order valence-corrected chi connectivity index (χ3v) is 11.4. The minimum Gasteiger partial charge on any atom is -0.302 e. The molecule has 0 aliphatic carbocycles. The summed E-state index contributed by atoms with van der Waals surface area (Å²) < 4.78 is 531. The van der Waals surface area contributed by atoms with Crippen LogP contribution in [0.15, 0.2) is 0 Å². The lowest BCUT2D eigenvalue weighted by atomic mass is 9.87. The minimum atomic E-state index is -9.53. The molecule has 10 nitrogen and oxygen atoms in total. The van der Waals surface area contributed by atoms with Gasteiger partial charge in [-0.25, -0.2) is 13.0 Å². The van der Waals surface area contributed by atoms with Gasteiger partial charge in [0.05, 0.1) is 0 Å². The number of phosphoric ester groups is 1. The van der Waals surface area contributed by atoms with Gasteiger partial charge in [0, 0.05) is 26.2 Å². The molecule has 428 valence electrons. The number of alkyl halides is 34. The number of hydrogen-bond acceptors (Lipinski definition) is 5. The van der Waals surface area contributed by atoms with Crippen LogP contribution >= 0.6 is 7.82 Å². The van der Waals surface area contributed by atoms with Gasteiger partial charge in [-0.1, -0.05) is 13.8 Å². The molecule has 0 radical (unpaired) electrons. The molecule has 0 aliphatic heterocycles. The van der Waals surface area contributed by atoms with Gasteiger partial charge in [0.15, 0.2) is 12.2 Å². The van der Waals surface area contributed by atoms with Gasteiger partial charge < -0.3 is 4.89 Å². The number of phosphoric acid groups is 1. The van der Waals surface area contributed by atoms with E-state index in [4.69, 9.17) is 9.11 Å². The fraction of sp³-hybridized carbons (Fsp3) is 1.00. The molecule has 0 bridgehead atoms. The number of nitrogens with zero attached hydrogens (tertiary/aromatic N) is 2. The van der Waals surface area contributed by atoms with Gasteiger partial charge in [0.2, 0.25) is 22.5 Å². The summed E-state index contributed by atoms with van der Waals surface area (Å²) in [5.41, 5.74) is 0. The third-order valence-electron chi connectivity index (χ3n) is 8.71.